The molecule has 8 nitrogen and oxygen atoms in total. The van der Waals surface area contributed by atoms with Crippen LogP contribution in [-0.4, -0.2) is 58.3 Å². The first-order valence-electron chi connectivity index (χ1n) is 8.87. The Kier molecular flexibility index (Phi) is 6.63. The Morgan fingerprint density at radius 3 is 2.79 bits per heavy atom. The number of methoxy groups -OCH3 is 1. The third kappa shape index (κ3) is 4.68. The maximum absolute atomic E-state index is 12.6. The highest BCUT2D eigenvalue weighted by Gasteiger charge is 2.15. The number of aromatic nitrogens is 2. The largest absolute Gasteiger partial charge is 0.387 e. The van der Waals surface area contributed by atoms with Gasteiger partial charge in [-0.05, 0) is 24.3 Å². The van der Waals surface area contributed by atoms with E-state index in [2.05, 4.69) is 15.0 Å². The molecular weight excluding hydrogens is 380 g/mol. The highest BCUT2D eigenvalue weighted by atomic mass is 32.2. The molecule has 28 heavy (non-hydrogen) atoms. The van der Waals surface area contributed by atoms with E-state index in [0.29, 0.717) is 13.2 Å². The van der Waals surface area contributed by atoms with Gasteiger partial charge in [-0.25, -0.2) is 18.1 Å². The molecule has 0 saturated heterocycles. The molecule has 1 aromatic carbocycles. The molecule has 0 aliphatic rings. The molecule has 0 fully saturated rings. The fourth-order valence-electron chi connectivity index (χ4n) is 2.74. The van der Waals surface area contributed by atoms with Crippen LogP contribution in [0.2, 0.25) is 0 Å². The molecule has 3 rings (SSSR count). The lowest BCUT2D eigenvalue weighted by molar-refractivity contribution is 0.0736. The van der Waals surface area contributed by atoms with Gasteiger partial charge in [0.1, 0.15) is 5.65 Å². The number of benzene rings is 1. The van der Waals surface area contributed by atoms with Crippen LogP contribution in [0.15, 0.2) is 53.7 Å². The zero-order valence-electron chi connectivity index (χ0n) is 15.9. The van der Waals surface area contributed by atoms with Crippen molar-refractivity contribution in [2.24, 2.45) is 0 Å². The quantitative estimate of drug-likeness (QED) is 0.502. The summed E-state index contributed by atoms with van der Waals surface area (Å²) in [6.45, 7) is 1.37. The number of fused-ring (bicyclic) bond motifs is 1. The zero-order valence-corrected chi connectivity index (χ0v) is 16.7. The highest BCUT2D eigenvalue weighted by Crippen LogP contribution is 2.24. The first-order chi connectivity index (χ1) is 13.5. The summed E-state index contributed by atoms with van der Waals surface area (Å²) in [4.78, 5) is 4.59. The van der Waals surface area contributed by atoms with Crippen LogP contribution in [0, 0.1) is 0 Å². The van der Waals surface area contributed by atoms with Crippen LogP contribution in [0.1, 0.15) is 0 Å². The van der Waals surface area contributed by atoms with Crippen molar-refractivity contribution < 1.29 is 17.9 Å². The van der Waals surface area contributed by atoms with Gasteiger partial charge in [-0.15, -0.1) is 0 Å². The molecule has 3 aromatic rings. The molecule has 0 atom stereocenters. The molecule has 0 bridgehead atoms. The number of sulfonamides is 1. The number of ether oxygens (including phenoxy) is 2. The van der Waals surface area contributed by atoms with Crippen LogP contribution in [0.25, 0.3) is 16.9 Å². The number of nitrogens with one attached hydrogen (secondary N) is 2. The van der Waals surface area contributed by atoms with Gasteiger partial charge in [0.25, 0.3) is 0 Å². The van der Waals surface area contributed by atoms with E-state index in [9.17, 15) is 8.42 Å². The van der Waals surface area contributed by atoms with Gasteiger partial charge < -0.3 is 14.8 Å². The maximum Gasteiger partial charge on any atom is 0.240 e. The molecule has 0 amide bonds. The Labute approximate surface area is 164 Å². The Morgan fingerprint density at radius 1 is 1.14 bits per heavy atom. The van der Waals surface area contributed by atoms with Crippen molar-refractivity contribution in [3.63, 3.8) is 0 Å². The van der Waals surface area contributed by atoms with Gasteiger partial charge in [-0.2, -0.15) is 0 Å². The summed E-state index contributed by atoms with van der Waals surface area (Å²) in [5.41, 5.74) is 3.30. The van der Waals surface area contributed by atoms with E-state index < -0.39 is 10.0 Å². The van der Waals surface area contributed by atoms with E-state index in [1.165, 1.54) is 0 Å². The number of anilines is 1. The Bertz CT molecular complexity index is 1030. The smallest absolute Gasteiger partial charge is 0.240 e. The average Bonchev–Trinajstić information content (AvgIpc) is 3.13. The first-order valence-corrected chi connectivity index (χ1v) is 10.3. The van der Waals surface area contributed by atoms with Crippen molar-refractivity contribution in [1.29, 1.82) is 0 Å². The normalized spacial score (nSPS) is 11.8. The second-order valence-corrected chi connectivity index (χ2v) is 7.84. The number of rotatable bonds is 10. The summed E-state index contributed by atoms with van der Waals surface area (Å²) < 4.78 is 39.8. The summed E-state index contributed by atoms with van der Waals surface area (Å²) in [6.07, 6.45) is 3.66. The van der Waals surface area contributed by atoms with Gasteiger partial charge in [0.2, 0.25) is 10.0 Å². The number of pyridine rings is 1. The summed E-state index contributed by atoms with van der Waals surface area (Å²) in [5, 5.41) is 3.09. The van der Waals surface area contributed by atoms with E-state index in [-0.39, 0.29) is 18.0 Å². The van der Waals surface area contributed by atoms with Crippen molar-refractivity contribution in [2.75, 3.05) is 45.8 Å². The highest BCUT2D eigenvalue weighted by molar-refractivity contribution is 7.89. The third-order valence-corrected chi connectivity index (χ3v) is 5.66. The lowest BCUT2D eigenvalue weighted by Gasteiger charge is -2.09. The van der Waals surface area contributed by atoms with E-state index in [4.69, 9.17) is 9.47 Å². The van der Waals surface area contributed by atoms with Crippen molar-refractivity contribution in [3.05, 3.63) is 48.8 Å². The molecule has 0 aliphatic heterocycles. The average molecular weight is 404 g/mol. The fourth-order valence-corrected chi connectivity index (χ4v) is 3.80. The topological polar surface area (TPSA) is 94.0 Å². The number of imidazole rings is 1. The molecule has 2 aromatic heterocycles. The Hall–Kier alpha value is -2.46. The van der Waals surface area contributed by atoms with Crippen molar-refractivity contribution in [1.82, 2.24) is 14.1 Å². The number of nitrogens with zero attached hydrogens (tertiary/aromatic N) is 2. The molecule has 0 aliphatic carbocycles. The van der Waals surface area contributed by atoms with E-state index in [1.54, 1.807) is 31.5 Å². The van der Waals surface area contributed by atoms with E-state index in [1.807, 2.05) is 35.8 Å². The molecule has 150 valence electrons. The number of hydrogen-bond acceptors (Lipinski definition) is 6. The molecular formula is C19H24N4O4S. The lowest BCUT2D eigenvalue weighted by atomic mass is 10.2. The summed E-state index contributed by atoms with van der Waals surface area (Å²) in [7, 11) is -0.207. The molecule has 0 unspecified atom stereocenters. The minimum Gasteiger partial charge on any atom is -0.387 e. The minimum absolute atomic E-state index is 0.192. The third-order valence-electron chi connectivity index (χ3n) is 4.20. The van der Waals surface area contributed by atoms with Crippen molar-refractivity contribution in [3.8, 4) is 11.3 Å². The maximum atomic E-state index is 12.6. The van der Waals surface area contributed by atoms with Crippen LogP contribution in [-0.2, 0) is 19.5 Å². The SMILES string of the molecule is CNc1ccc2ncc(-c3cccc(S(=O)(=O)NCCOCCOC)c3)n2c1. The number of hydrogen-bond donors (Lipinski definition) is 2. The van der Waals surface area contributed by atoms with E-state index >= 15 is 0 Å². The molecule has 9 heteroatoms. The van der Waals surface area contributed by atoms with Gasteiger partial charge in [0.05, 0.1) is 42.3 Å². The predicted molar refractivity (Wildman–Crippen MR) is 108 cm³/mol. The van der Waals surface area contributed by atoms with Crippen LogP contribution in [0.5, 0.6) is 0 Å². The monoisotopic (exact) mass is 404 g/mol. The molecule has 2 N–H and O–H groups in total. The van der Waals surface area contributed by atoms with Crippen molar-refractivity contribution in [2.45, 2.75) is 4.90 Å². The van der Waals surface area contributed by atoms with Gasteiger partial charge in [-0.1, -0.05) is 12.1 Å². The fraction of sp³-hybridized carbons (Fsp3) is 0.316. The molecule has 0 radical (unpaired) electrons. The van der Waals surface area contributed by atoms with Crippen LogP contribution >= 0.6 is 0 Å². The Morgan fingerprint density at radius 2 is 2.00 bits per heavy atom. The van der Waals surface area contributed by atoms with Crippen LogP contribution < -0.4 is 10.0 Å². The van der Waals surface area contributed by atoms with Gasteiger partial charge in [-0.3, -0.25) is 4.40 Å². The second kappa shape index (κ2) is 9.16. The van der Waals surface area contributed by atoms with Crippen LogP contribution in [0.4, 0.5) is 5.69 Å². The molecule has 2 heterocycles. The van der Waals surface area contributed by atoms with E-state index in [0.717, 1.165) is 22.6 Å². The minimum atomic E-state index is -3.64. The Balaban J connectivity index is 1.79. The van der Waals surface area contributed by atoms with Crippen molar-refractivity contribution >= 4 is 21.4 Å². The van der Waals surface area contributed by atoms with Crippen LogP contribution in [0.3, 0.4) is 0 Å². The van der Waals surface area contributed by atoms with Gasteiger partial charge in [0.15, 0.2) is 0 Å². The van der Waals surface area contributed by atoms with Gasteiger partial charge in [0, 0.05) is 32.5 Å². The molecule has 0 spiro atoms. The lowest BCUT2D eigenvalue weighted by Crippen LogP contribution is -2.27. The predicted octanol–water partition coefficient (Wildman–Crippen LogP) is 1.98. The molecule has 0 saturated carbocycles. The standard InChI is InChI=1S/C19H24N4O4S/c1-20-16-6-7-19-21-13-18(23(19)14-16)15-4-3-5-17(12-15)28(24,25)22-8-9-27-11-10-26-2/h3-7,12-14,20,22H,8-11H2,1-2H3. The van der Waals surface area contributed by atoms with Gasteiger partial charge >= 0.3 is 0 Å². The first kappa shape index (κ1) is 20.3. The summed E-state index contributed by atoms with van der Waals surface area (Å²) in [6, 6.07) is 10.6. The summed E-state index contributed by atoms with van der Waals surface area (Å²) >= 11 is 0. The zero-order chi connectivity index (χ0) is 20.0. The summed E-state index contributed by atoms with van der Waals surface area (Å²) in [5.74, 6) is 0. The second-order valence-electron chi connectivity index (χ2n) is 6.07.